The smallest absolute Gasteiger partial charge is 0.307 e. The molecule has 4 aliphatic rings. The van der Waals surface area contributed by atoms with Crippen LogP contribution in [0.3, 0.4) is 0 Å². The number of hydrogen-bond donors (Lipinski definition) is 1. The van der Waals surface area contributed by atoms with Crippen molar-refractivity contribution in [2.24, 2.45) is 28.6 Å². The van der Waals surface area contributed by atoms with Gasteiger partial charge in [-0.1, -0.05) is 26.3 Å². The molecule has 1 heterocycles. The second-order valence-electron chi connectivity index (χ2n) is 11.6. The van der Waals surface area contributed by atoms with Gasteiger partial charge in [-0.25, -0.2) is 4.79 Å². The Morgan fingerprint density at radius 1 is 0.973 bits per heavy atom. The normalized spacial score (nSPS) is 35.6. The Balaban J connectivity index is 1.46. The van der Waals surface area contributed by atoms with Gasteiger partial charge in [0.1, 0.15) is 0 Å². The summed E-state index contributed by atoms with van der Waals surface area (Å²) in [5.41, 5.74) is -4.02. The van der Waals surface area contributed by atoms with E-state index in [1.807, 2.05) is 18.3 Å². The molecule has 0 radical (unpaired) electrons. The summed E-state index contributed by atoms with van der Waals surface area (Å²) in [6.07, 6.45) is 0.0620. The fourth-order valence-electron chi connectivity index (χ4n) is 7.98. The lowest BCUT2D eigenvalue weighted by Gasteiger charge is -2.59. The summed E-state index contributed by atoms with van der Waals surface area (Å²) in [5.74, 6) is 0.532. The third-order valence-corrected chi connectivity index (χ3v) is 9.76. The van der Waals surface area contributed by atoms with Crippen LogP contribution >= 0.6 is 0 Å². The molecule has 1 aromatic rings. The lowest BCUT2D eigenvalue weighted by molar-refractivity contribution is -0.140. The maximum atomic E-state index is 13.6. The van der Waals surface area contributed by atoms with E-state index in [4.69, 9.17) is 0 Å². The highest BCUT2D eigenvalue weighted by Gasteiger charge is 2.59. The van der Waals surface area contributed by atoms with Gasteiger partial charge in [-0.3, -0.25) is 9.69 Å². The van der Waals surface area contributed by atoms with Gasteiger partial charge in [0.15, 0.2) is 0 Å². The zero-order valence-electron chi connectivity index (χ0n) is 20.7. The van der Waals surface area contributed by atoms with Crippen LogP contribution in [-0.2, 0) is 17.1 Å². The van der Waals surface area contributed by atoms with Gasteiger partial charge in [0.25, 0.3) is 5.91 Å². The van der Waals surface area contributed by atoms with Gasteiger partial charge in [-0.15, -0.1) is 0 Å². The third-order valence-electron chi connectivity index (χ3n) is 9.76. The van der Waals surface area contributed by atoms with E-state index in [1.165, 1.54) is 18.9 Å². The number of amides is 3. The average Bonchev–Trinajstić information content (AvgIpc) is 3.20. The fourth-order valence-corrected chi connectivity index (χ4v) is 7.98. The molecule has 1 N–H and O–H groups in total. The number of imide groups is 1. The molecule has 3 amide bonds. The van der Waals surface area contributed by atoms with Crippen LogP contribution in [0.5, 0.6) is 0 Å². The number of nitrogens with one attached hydrogen (secondary N) is 1. The van der Waals surface area contributed by atoms with Gasteiger partial charge in [-0.2, -0.15) is 26.3 Å². The number of nitrogens with zero attached hydrogens (tertiary/aromatic N) is 1. The minimum atomic E-state index is -5.00. The second kappa shape index (κ2) is 8.50. The van der Waals surface area contributed by atoms with Crippen LogP contribution in [0.25, 0.3) is 0 Å². The van der Waals surface area contributed by atoms with E-state index in [1.54, 1.807) is 0 Å². The van der Waals surface area contributed by atoms with Crippen LogP contribution in [0, 0.1) is 28.6 Å². The minimum absolute atomic E-state index is 0.210. The summed E-state index contributed by atoms with van der Waals surface area (Å²) < 4.78 is 80.4. The lowest BCUT2D eigenvalue weighted by atomic mass is 9.48. The van der Waals surface area contributed by atoms with Crippen LogP contribution < -0.4 is 5.32 Å². The number of alkyl halides is 6. The zero-order chi connectivity index (χ0) is 27.0. The molecule has 202 valence electrons. The Morgan fingerprint density at radius 3 is 2.38 bits per heavy atom. The highest BCUT2D eigenvalue weighted by molar-refractivity contribution is 6.06. The second-order valence-corrected chi connectivity index (χ2v) is 11.6. The molecule has 1 aromatic carbocycles. The maximum absolute atomic E-state index is 13.6. The summed E-state index contributed by atoms with van der Waals surface area (Å²) in [6.45, 7) is 4.35. The van der Waals surface area contributed by atoms with E-state index < -0.39 is 52.6 Å². The van der Waals surface area contributed by atoms with Crippen molar-refractivity contribution in [2.45, 2.75) is 77.2 Å². The number of rotatable bonds is 1. The fraction of sp³-hybridized carbons (Fsp3) is 0.630. The first-order valence-corrected chi connectivity index (χ1v) is 12.8. The lowest BCUT2D eigenvalue weighted by Crippen LogP contribution is -2.62. The van der Waals surface area contributed by atoms with Crippen molar-refractivity contribution in [1.29, 1.82) is 0 Å². The molecule has 3 fully saturated rings. The van der Waals surface area contributed by atoms with Crippen LogP contribution in [0.1, 0.15) is 69.9 Å². The molecule has 4 nitrogen and oxygen atoms in total. The molecule has 3 aliphatic carbocycles. The van der Waals surface area contributed by atoms with Gasteiger partial charge < -0.3 is 5.32 Å². The van der Waals surface area contributed by atoms with E-state index in [0.29, 0.717) is 35.8 Å². The highest BCUT2D eigenvalue weighted by Crippen LogP contribution is 2.64. The van der Waals surface area contributed by atoms with Crippen molar-refractivity contribution in [3.05, 3.63) is 41.5 Å². The summed E-state index contributed by atoms with van der Waals surface area (Å²) in [5, 5.41) is 2.01. The van der Waals surface area contributed by atoms with Gasteiger partial charge in [0.2, 0.25) is 0 Å². The number of anilines is 1. The predicted molar refractivity (Wildman–Crippen MR) is 124 cm³/mol. The van der Waals surface area contributed by atoms with Crippen molar-refractivity contribution >= 4 is 17.6 Å². The van der Waals surface area contributed by atoms with E-state index in [0.717, 1.165) is 30.6 Å². The minimum Gasteiger partial charge on any atom is -0.307 e. The van der Waals surface area contributed by atoms with Crippen molar-refractivity contribution in [3.63, 3.8) is 0 Å². The number of fused-ring (bicyclic) bond motifs is 5. The van der Waals surface area contributed by atoms with E-state index in [2.05, 4.69) is 6.92 Å². The van der Waals surface area contributed by atoms with Crippen LogP contribution in [0.15, 0.2) is 30.4 Å². The Kier molecular flexibility index (Phi) is 5.99. The predicted octanol–water partition coefficient (Wildman–Crippen LogP) is 7.66. The molecular weight excluding hydrogens is 498 g/mol. The first kappa shape index (κ1) is 26.1. The SMILES string of the molecule is C[C@@]12CCC[C@H]1[C@@H]1CC[C@H]3N(C(=O)Nc4cc(C(F)(F)F)ccc4C(F)(F)F)C(=O)C=C[C@]3(C)[C@H]1CC2. The highest BCUT2D eigenvalue weighted by atomic mass is 19.4. The van der Waals surface area contributed by atoms with Crippen LogP contribution in [-0.4, -0.2) is 22.9 Å². The molecule has 0 saturated heterocycles. The summed E-state index contributed by atoms with van der Waals surface area (Å²) in [6, 6.07) is -0.839. The Labute approximate surface area is 211 Å². The van der Waals surface area contributed by atoms with E-state index >= 15 is 0 Å². The van der Waals surface area contributed by atoms with E-state index in [9.17, 15) is 35.9 Å². The van der Waals surface area contributed by atoms with Gasteiger partial charge in [0.05, 0.1) is 22.9 Å². The monoisotopic (exact) mass is 528 g/mol. The summed E-state index contributed by atoms with van der Waals surface area (Å²) in [7, 11) is 0. The number of hydrogen-bond acceptors (Lipinski definition) is 2. The van der Waals surface area contributed by atoms with Crippen molar-refractivity contribution in [1.82, 2.24) is 4.90 Å². The molecule has 6 atom stereocenters. The molecule has 10 heteroatoms. The molecule has 3 saturated carbocycles. The quantitative estimate of drug-likeness (QED) is 0.381. The van der Waals surface area contributed by atoms with Crippen molar-refractivity contribution in [2.75, 3.05) is 5.32 Å². The first-order chi connectivity index (χ1) is 17.1. The molecular formula is C27H30F6N2O2. The van der Waals surface area contributed by atoms with Gasteiger partial charge in [0, 0.05) is 11.5 Å². The summed E-state index contributed by atoms with van der Waals surface area (Å²) >= 11 is 0. The first-order valence-electron chi connectivity index (χ1n) is 12.8. The van der Waals surface area contributed by atoms with Crippen LogP contribution in [0.4, 0.5) is 36.8 Å². The summed E-state index contributed by atoms with van der Waals surface area (Å²) in [4.78, 5) is 27.2. The van der Waals surface area contributed by atoms with Crippen LogP contribution in [0.2, 0.25) is 0 Å². The number of halogens is 6. The topological polar surface area (TPSA) is 49.4 Å². The zero-order valence-corrected chi connectivity index (χ0v) is 20.7. The Bertz CT molecular complexity index is 1140. The maximum Gasteiger partial charge on any atom is 0.418 e. The van der Waals surface area contributed by atoms with Gasteiger partial charge >= 0.3 is 18.4 Å². The molecule has 1 aliphatic heterocycles. The largest absolute Gasteiger partial charge is 0.418 e. The van der Waals surface area contributed by atoms with Gasteiger partial charge in [-0.05, 0) is 79.9 Å². The molecule has 0 aromatic heterocycles. The molecule has 5 rings (SSSR count). The van der Waals surface area contributed by atoms with Crippen molar-refractivity contribution < 1.29 is 35.9 Å². The molecule has 0 bridgehead atoms. The third kappa shape index (κ3) is 4.24. The average molecular weight is 529 g/mol. The number of carbonyl (C=O) groups is 2. The van der Waals surface area contributed by atoms with E-state index in [-0.39, 0.29) is 12.0 Å². The Morgan fingerprint density at radius 2 is 1.70 bits per heavy atom. The number of benzene rings is 1. The standard InChI is InChI=1S/C27H30F6N2O2/c1-24-11-3-4-17(24)16-6-8-21-25(2,18(16)9-12-24)13-10-22(36)35(21)23(37)34-20-14-15(26(28,29)30)5-7-19(20)27(31,32)33/h5,7,10,13-14,16-18,21H,3-4,6,8-9,11-12H2,1-2H3,(H,34,37)/t16-,17-,18-,21+,24-,25+/m0/s1. The Hall–Kier alpha value is -2.52. The molecule has 0 spiro atoms. The molecule has 0 unspecified atom stereocenters. The number of carbonyl (C=O) groups excluding carboxylic acids is 2. The molecule has 37 heavy (non-hydrogen) atoms. The number of urea groups is 1. The van der Waals surface area contributed by atoms with Crippen molar-refractivity contribution in [3.8, 4) is 0 Å².